The van der Waals surface area contributed by atoms with Crippen LogP contribution in [0.4, 0.5) is 5.69 Å². The van der Waals surface area contributed by atoms with Gasteiger partial charge < -0.3 is 10.2 Å². The molecule has 0 aromatic heterocycles. The van der Waals surface area contributed by atoms with E-state index in [0.717, 1.165) is 0 Å². The number of nitrogens with zero attached hydrogens (tertiary/aromatic N) is 1. The highest BCUT2D eigenvalue weighted by molar-refractivity contribution is 8.13. The summed E-state index contributed by atoms with van der Waals surface area (Å²) >= 11 is 0. The summed E-state index contributed by atoms with van der Waals surface area (Å²) in [6.45, 7) is 5.54. The molecule has 0 saturated heterocycles. The molecule has 1 amide bonds. The van der Waals surface area contributed by atoms with Gasteiger partial charge >= 0.3 is 0 Å². The lowest BCUT2D eigenvalue weighted by Crippen LogP contribution is -2.40. The topological polar surface area (TPSA) is 66.5 Å². The maximum atomic E-state index is 12.1. The van der Waals surface area contributed by atoms with Crippen molar-refractivity contribution in [3.63, 3.8) is 0 Å². The summed E-state index contributed by atoms with van der Waals surface area (Å²) in [6.07, 6.45) is 0. The van der Waals surface area contributed by atoms with E-state index in [0.29, 0.717) is 5.69 Å². The first-order valence-electron chi connectivity index (χ1n) is 6.00. The molecule has 1 aromatic carbocycles. The second kappa shape index (κ2) is 5.61. The molecule has 0 unspecified atom stereocenters. The molecule has 0 heterocycles. The highest BCUT2D eigenvalue weighted by Crippen LogP contribution is 2.28. The van der Waals surface area contributed by atoms with Gasteiger partial charge in [0.05, 0.1) is 5.69 Å². The highest BCUT2D eigenvalue weighted by Gasteiger charge is 2.21. The van der Waals surface area contributed by atoms with Crippen molar-refractivity contribution in [1.82, 2.24) is 5.32 Å². The van der Waals surface area contributed by atoms with E-state index < -0.39 is 14.6 Å². The van der Waals surface area contributed by atoms with E-state index in [4.69, 9.17) is 10.7 Å². The molecule has 5 nitrogen and oxygen atoms in total. The molecule has 1 N–H and O–H groups in total. The van der Waals surface area contributed by atoms with Crippen molar-refractivity contribution in [3.8, 4) is 0 Å². The number of benzene rings is 1. The Hall–Kier alpha value is -1.27. The smallest absolute Gasteiger partial charge is 0.263 e. The summed E-state index contributed by atoms with van der Waals surface area (Å²) in [4.78, 5) is 13.6. The number of amides is 1. The van der Waals surface area contributed by atoms with Gasteiger partial charge in [0, 0.05) is 35.9 Å². The highest BCUT2D eigenvalue weighted by atomic mass is 35.7. The molecule has 0 spiro atoms. The monoisotopic (exact) mass is 318 g/mol. The Labute approximate surface area is 124 Å². The first-order valence-corrected chi connectivity index (χ1v) is 8.31. The Balaban J connectivity index is 3.31. The summed E-state index contributed by atoms with van der Waals surface area (Å²) < 4.78 is 23.3. The summed E-state index contributed by atoms with van der Waals surface area (Å²) in [5.74, 6) is -0.343. The van der Waals surface area contributed by atoms with Crippen molar-refractivity contribution in [2.24, 2.45) is 0 Å². The summed E-state index contributed by atoms with van der Waals surface area (Å²) in [5.41, 5.74) is 0.286. The number of hydrogen-bond donors (Lipinski definition) is 1. The summed E-state index contributed by atoms with van der Waals surface area (Å²) in [7, 11) is 4.91. The van der Waals surface area contributed by atoms with Gasteiger partial charge in [0.2, 0.25) is 0 Å². The minimum absolute atomic E-state index is 0.0780. The molecule has 1 aromatic rings. The largest absolute Gasteiger partial charge is 0.377 e. The number of halogens is 1. The second-order valence-corrected chi connectivity index (χ2v) is 8.25. The van der Waals surface area contributed by atoms with Crippen LogP contribution < -0.4 is 10.2 Å². The maximum Gasteiger partial charge on any atom is 0.263 e. The zero-order valence-electron chi connectivity index (χ0n) is 12.2. The fourth-order valence-corrected chi connectivity index (χ4v) is 2.77. The van der Waals surface area contributed by atoms with E-state index in [-0.39, 0.29) is 16.4 Å². The number of carbonyl (C=O) groups is 1. The molecular weight excluding hydrogens is 300 g/mol. The predicted octanol–water partition coefficient (Wildman–Crippen LogP) is 2.21. The van der Waals surface area contributed by atoms with Gasteiger partial charge in [0.1, 0.15) is 4.90 Å². The summed E-state index contributed by atoms with van der Waals surface area (Å²) in [5, 5.41) is 2.77. The normalized spacial score (nSPS) is 12.1. The molecular formula is C13H19ClN2O3S. The molecule has 0 bridgehead atoms. The van der Waals surface area contributed by atoms with E-state index in [1.54, 1.807) is 31.1 Å². The molecule has 1 rings (SSSR count). The molecule has 7 heteroatoms. The zero-order valence-corrected chi connectivity index (χ0v) is 13.8. The Morgan fingerprint density at radius 1 is 1.25 bits per heavy atom. The van der Waals surface area contributed by atoms with Crippen molar-refractivity contribution in [2.45, 2.75) is 31.2 Å². The molecule has 0 aliphatic carbocycles. The molecule has 0 saturated carbocycles. The van der Waals surface area contributed by atoms with Gasteiger partial charge in [-0.25, -0.2) is 8.42 Å². The first kappa shape index (κ1) is 16.8. The number of carbonyl (C=O) groups excluding carboxylic acids is 1. The van der Waals surface area contributed by atoms with Crippen LogP contribution in [0.3, 0.4) is 0 Å². The van der Waals surface area contributed by atoms with Gasteiger partial charge in [-0.2, -0.15) is 0 Å². The van der Waals surface area contributed by atoms with Crippen LogP contribution in [0, 0.1) is 0 Å². The molecule has 112 valence electrons. The lowest BCUT2D eigenvalue weighted by molar-refractivity contribution is 0.0919. The van der Waals surface area contributed by atoms with E-state index in [1.807, 2.05) is 20.8 Å². The third kappa shape index (κ3) is 4.38. The van der Waals surface area contributed by atoms with Crippen LogP contribution in [0.25, 0.3) is 0 Å². The minimum Gasteiger partial charge on any atom is -0.377 e. The Kier molecular flexibility index (Phi) is 4.71. The Morgan fingerprint density at radius 2 is 1.80 bits per heavy atom. The van der Waals surface area contributed by atoms with Crippen LogP contribution in [-0.4, -0.2) is 34.0 Å². The van der Waals surface area contributed by atoms with Crippen molar-refractivity contribution in [1.29, 1.82) is 0 Å². The molecule has 0 aliphatic rings. The third-order valence-corrected chi connectivity index (χ3v) is 3.81. The van der Waals surface area contributed by atoms with Gasteiger partial charge in [-0.05, 0) is 39.0 Å². The van der Waals surface area contributed by atoms with E-state index in [2.05, 4.69) is 5.32 Å². The SMILES string of the molecule is CN(C)c1ccc(C(=O)NC(C)(C)C)cc1S(=O)(=O)Cl. The number of rotatable bonds is 3. The van der Waals surface area contributed by atoms with Gasteiger partial charge in [-0.1, -0.05) is 0 Å². The number of hydrogen-bond acceptors (Lipinski definition) is 4. The van der Waals surface area contributed by atoms with Crippen LogP contribution >= 0.6 is 10.7 Å². The molecule has 0 atom stereocenters. The lowest BCUT2D eigenvalue weighted by Gasteiger charge is -2.21. The van der Waals surface area contributed by atoms with Gasteiger partial charge in [0.25, 0.3) is 15.0 Å². The third-order valence-electron chi connectivity index (χ3n) is 2.46. The number of nitrogens with one attached hydrogen (secondary N) is 1. The lowest BCUT2D eigenvalue weighted by atomic mass is 10.1. The predicted molar refractivity (Wildman–Crippen MR) is 81.0 cm³/mol. The van der Waals surface area contributed by atoms with Crippen LogP contribution in [0.5, 0.6) is 0 Å². The fourth-order valence-electron chi connectivity index (χ4n) is 1.63. The number of anilines is 1. The van der Waals surface area contributed by atoms with Crippen molar-refractivity contribution in [3.05, 3.63) is 23.8 Å². The van der Waals surface area contributed by atoms with E-state index in [9.17, 15) is 13.2 Å². The second-order valence-electron chi connectivity index (χ2n) is 5.72. The van der Waals surface area contributed by atoms with Crippen molar-refractivity contribution in [2.75, 3.05) is 19.0 Å². The van der Waals surface area contributed by atoms with Crippen molar-refractivity contribution < 1.29 is 13.2 Å². The zero-order chi connectivity index (χ0) is 15.7. The van der Waals surface area contributed by atoms with E-state index in [1.165, 1.54) is 6.07 Å². The average molecular weight is 319 g/mol. The van der Waals surface area contributed by atoms with Gasteiger partial charge in [0.15, 0.2) is 0 Å². The Morgan fingerprint density at radius 3 is 2.20 bits per heavy atom. The van der Waals surface area contributed by atoms with Crippen LogP contribution in [0.1, 0.15) is 31.1 Å². The minimum atomic E-state index is -3.93. The molecule has 0 radical (unpaired) electrons. The van der Waals surface area contributed by atoms with Crippen LogP contribution in [0.15, 0.2) is 23.1 Å². The fraction of sp³-hybridized carbons (Fsp3) is 0.462. The van der Waals surface area contributed by atoms with Crippen LogP contribution in [0.2, 0.25) is 0 Å². The molecule has 20 heavy (non-hydrogen) atoms. The average Bonchev–Trinajstić information content (AvgIpc) is 2.24. The van der Waals surface area contributed by atoms with Crippen LogP contribution in [-0.2, 0) is 9.05 Å². The van der Waals surface area contributed by atoms with Crippen molar-refractivity contribution >= 4 is 31.3 Å². The van der Waals surface area contributed by atoms with Gasteiger partial charge in [-0.3, -0.25) is 4.79 Å². The molecule has 0 fully saturated rings. The standard InChI is InChI=1S/C13H19ClN2O3S/c1-13(2,3)15-12(17)9-6-7-10(16(4)5)11(8-9)20(14,18)19/h6-8H,1-5H3,(H,15,17). The molecule has 0 aliphatic heterocycles. The quantitative estimate of drug-likeness (QED) is 0.868. The maximum absolute atomic E-state index is 12.1. The summed E-state index contributed by atoms with van der Waals surface area (Å²) in [6, 6.07) is 4.42. The van der Waals surface area contributed by atoms with Gasteiger partial charge in [-0.15, -0.1) is 0 Å². The van der Waals surface area contributed by atoms with E-state index >= 15 is 0 Å². The Bertz CT molecular complexity index is 619. The first-order chi connectivity index (χ1) is 8.92.